The molecular weight excluding hydrogens is 370 g/mol. The summed E-state index contributed by atoms with van der Waals surface area (Å²) in [5, 5.41) is 11.7. The maximum atomic E-state index is 14.0. The Balaban J connectivity index is 1.73. The van der Waals surface area contributed by atoms with E-state index in [0.29, 0.717) is 43.1 Å². The van der Waals surface area contributed by atoms with Crippen LogP contribution < -0.4 is 0 Å². The molecule has 2 bridgehead atoms. The van der Waals surface area contributed by atoms with Crippen molar-refractivity contribution >= 4 is 11.8 Å². The molecule has 2 fully saturated rings. The molecule has 5 atom stereocenters. The molecule has 3 aliphatic heterocycles. The normalized spacial score (nSPS) is 42.8. The van der Waals surface area contributed by atoms with Gasteiger partial charge in [-0.15, -0.1) is 0 Å². The first-order valence-corrected chi connectivity index (χ1v) is 10.8. The van der Waals surface area contributed by atoms with Gasteiger partial charge in [-0.05, 0) is 23.5 Å². The third-order valence-electron chi connectivity index (χ3n) is 8.79. The highest BCUT2D eigenvalue weighted by Gasteiger charge is 2.66. The molecule has 1 N–H and O–H groups in total. The van der Waals surface area contributed by atoms with Crippen LogP contribution in [0.2, 0.25) is 0 Å². The highest BCUT2D eigenvalue weighted by atomic mass is 16.5. The summed E-state index contributed by atoms with van der Waals surface area (Å²) in [6.45, 7) is 6.42. The summed E-state index contributed by atoms with van der Waals surface area (Å²) in [5.74, 6) is 0.345. The van der Waals surface area contributed by atoms with Crippen molar-refractivity contribution in [1.29, 1.82) is 0 Å². The number of carbonyl (C=O) groups is 2. The van der Waals surface area contributed by atoms with Crippen molar-refractivity contribution in [3.63, 3.8) is 0 Å². The van der Waals surface area contributed by atoms with Gasteiger partial charge in [-0.3, -0.25) is 9.69 Å². The fourth-order valence-electron chi connectivity index (χ4n) is 7.27. The van der Waals surface area contributed by atoms with Crippen molar-refractivity contribution in [3.8, 4) is 0 Å². The van der Waals surface area contributed by atoms with Crippen LogP contribution in [0.25, 0.3) is 0 Å². The molecule has 0 aromatic heterocycles. The van der Waals surface area contributed by atoms with E-state index in [0.717, 1.165) is 41.9 Å². The molecule has 154 valence electrons. The number of piperidine rings is 1. The molecule has 2 saturated heterocycles. The molecule has 0 unspecified atom stereocenters. The lowest BCUT2D eigenvalue weighted by atomic mass is 9.65. The van der Waals surface area contributed by atoms with Crippen LogP contribution in [0, 0.1) is 17.3 Å². The number of ketones is 1. The smallest absolute Gasteiger partial charge is 0.338 e. The van der Waals surface area contributed by atoms with E-state index in [1.807, 2.05) is 6.92 Å². The van der Waals surface area contributed by atoms with E-state index in [1.54, 1.807) is 0 Å². The number of ether oxygens (including phenoxy) is 2. The second-order valence-electron chi connectivity index (χ2n) is 9.84. The van der Waals surface area contributed by atoms with Gasteiger partial charge < -0.3 is 14.6 Å². The summed E-state index contributed by atoms with van der Waals surface area (Å²) >= 11 is 0. The summed E-state index contributed by atoms with van der Waals surface area (Å²) in [4.78, 5) is 29.4. The fourth-order valence-corrected chi connectivity index (χ4v) is 7.27. The fraction of sp³-hybridized carbons (Fsp3) is 0.652. The molecule has 6 aliphatic rings. The summed E-state index contributed by atoms with van der Waals surface area (Å²) in [6.07, 6.45) is 2.85. The van der Waals surface area contributed by atoms with Crippen molar-refractivity contribution in [2.45, 2.75) is 51.2 Å². The molecule has 3 heterocycles. The molecule has 3 aliphatic carbocycles. The van der Waals surface area contributed by atoms with Gasteiger partial charge in [0.2, 0.25) is 0 Å². The van der Waals surface area contributed by atoms with Crippen LogP contribution in [-0.4, -0.2) is 60.2 Å². The predicted octanol–water partition coefficient (Wildman–Crippen LogP) is 1.89. The Hall–Kier alpha value is -1.92. The third-order valence-corrected chi connectivity index (χ3v) is 8.79. The zero-order valence-corrected chi connectivity index (χ0v) is 17.2. The van der Waals surface area contributed by atoms with Crippen LogP contribution in [0.4, 0.5) is 0 Å². The molecule has 6 nitrogen and oxygen atoms in total. The number of methoxy groups -OCH3 is 1. The van der Waals surface area contributed by atoms with Gasteiger partial charge in [0.25, 0.3) is 0 Å². The lowest BCUT2D eigenvalue weighted by Gasteiger charge is -2.47. The summed E-state index contributed by atoms with van der Waals surface area (Å²) in [7, 11) is 1.36. The van der Waals surface area contributed by atoms with Gasteiger partial charge in [0.1, 0.15) is 11.4 Å². The topological polar surface area (TPSA) is 76.1 Å². The van der Waals surface area contributed by atoms with E-state index in [-0.39, 0.29) is 23.2 Å². The SMILES string of the molecule is COC(=O)C1=C2CCOC3=C2C2=C1C(=O)[C@]1(O)C[C@H]4N(C[C@@H](CC3)[C@@]24C)C[C@H]1C. The van der Waals surface area contributed by atoms with Crippen molar-refractivity contribution in [1.82, 2.24) is 4.90 Å². The minimum atomic E-state index is -1.44. The average Bonchev–Trinajstić information content (AvgIpc) is 3.13. The first kappa shape index (κ1) is 17.9. The molecule has 0 aromatic carbocycles. The highest BCUT2D eigenvalue weighted by Crippen LogP contribution is 2.65. The third kappa shape index (κ3) is 1.86. The summed E-state index contributed by atoms with van der Waals surface area (Å²) < 4.78 is 11.2. The zero-order valence-electron chi connectivity index (χ0n) is 17.2. The molecule has 6 rings (SSSR count). The molecule has 6 heteroatoms. The van der Waals surface area contributed by atoms with E-state index in [9.17, 15) is 14.7 Å². The minimum absolute atomic E-state index is 0.0946. The Bertz CT molecular complexity index is 974. The van der Waals surface area contributed by atoms with Gasteiger partial charge in [-0.1, -0.05) is 13.8 Å². The molecule has 0 spiro atoms. The number of aliphatic hydroxyl groups is 1. The molecule has 0 aromatic rings. The molecule has 0 saturated carbocycles. The maximum Gasteiger partial charge on any atom is 0.338 e. The van der Waals surface area contributed by atoms with E-state index in [2.05, 4.69) is 11.8 Å². The molecule has 0 radical (unpaired) electrons. The Morgan fingerprint density at radius 1 is 1.28 bits per heavy atom. The monoisotopic (exact) mass is 397 g/mol. The first-order chi connectivity index (χ1) is 13.8. The highest BCUT2D eigenvalue weighted by molar-refractivity contribution is 6.17. The van der Waals surface area contributed by atoms with Crippen molar-refractivity contribution in [2.24, 2.45) is 17.3 Å². The zero-order chi connectivity index (χ0) is 20.3. The number of Topliss-reactive ketones (excluding diaryl/α,β-unsaturated/α-hetero) is 1. The minimum Gasteiger partial charge on any atom is -0.497 e. The average molecular weight is 397 g/mol. The van der Waals surface area contributed by atoms with Gasteiger partial charge in [0.05, 0.1) is 19.3 Å². The van der Waals surface area contributed by atoms with Gasteiger partial charge >= 0.3 is 5.97 Å². The quantitative estimate of drug-likeness (QED) is 0.681. The van der Waals surface area contributed by atoms with E-state index < -0.39 is 11.6 Å². The van der Waals surface area contributed by atoms with Crippen LogP contribution in [-0.2, 0) is 19.1 Å². The van der Waals surface area contributed by atoms with Gasteiger partial charge in [0.15, 0.2) is 5.78 Å². The second-order valence-corrected chi connectivity index (χ2v) is 9.84. The lowest BCUT2D eigenvalue weighted by Crippen LogP contribution is -2.59. The molecule has 29 heavy (non-hydrogen) atoms. The number of hydrogen-bond donors (Lipinski definition) is 1. The van der Waals surface area contributed by atoms with Crippen molar-refractivity contribution in [2.75, 3.05) is 26.8 Å². The Morgan fingerprint density at radius 3 is 2.83 bits per heavy atom. The standard InChI is InChI=1S/C23H27NO5/c1-11-9-24-10-12-4-5-14-16-13(6-7-29-14)17(21(26)28-3)18-19(16)22(12,2)15(24)8-23(11,27)20(18)25/h11-12,15,27H,4-10H2,1-3H3/t11-,12-,15-,22-,23+/m1/s1. The van der Waals surface area contributed by atoms with Crippen LogP contribution >= 0.6 is 0 Å². The molecule has 0 amide bonds. The predicted molar refractivity (Wildman–Crippen MR) is 104 cm³/mol. The number of fused-ring (bicyclic) bond motifs is 1. The second kappa shape index (κ2) is 5.41. The summed E-state index contributed by atoms with van der Waals surface area (Å²) in [6, 6.07) is 0.0946. The number of esters is 1. The molecular formula is C23H27NO5. The van der Waals surface area contributed by atoms with Gasteiger partial charge in [0, 0.05) is 60.9 Å². The Labute approximate surface area is 170 Å². The number of rotatable bonds is 1. The van der Waals surface area contributed by atoms with E-state index >= 15 is 0 Å². The maximum absolute atomic E-state index is 14.0. The number of nitrogens with zero attached hydrogens (tertiary/aromatic N) is 1. The van der Waals surface area contributed by atoms with Crippen LogP contribution in [0.1, 0.15) is 39.5 Å². The number of allylic oxidation sites excluding steroid dienone is 2. The van der Waals surface area contributed by atoms with Gasteiger partial charge in [-0.25, -0.2) is 4.79 Å². The Morgan fingerprint density at radius 2 is 2.07 bits per heavy atom. The van der Waals surface area contributed by atoms with Gasteiger partial charge in [-0.2, -0.15) is 0 Å². The van der Waals surface area contributed by atoms with Crippen LogP contribution in [0.5, 0.6) is 0 Å². The van der Waals surface area contributed by atoms with Crippen LogP contribution in [0.3, 0.4) is 0 Å². The Kier molecular flexibility index (Phi) is 3.34. The lowest BCUT2D eigenvalue weighted by molar-refractivity contribution is -0.148. The largest absolute Gasteiger partial charge is 0.497 e. The van der Waals surface area contributed by atoms with E-state index in [1.165, 1.54) is 7.11 Å². The number of hydrogen-bond acceptors (Lipinski definition) is 6. The van der Waals surface area contributed by atoms with Crippen LogP contribution in [0.15, 0.2) is 33.6 Å². The van der Waals surface area contributed by atoms with Crippen molar-refractivity contribution < 1.29 is 24.2 Å². The first-order valence-electron chi connectivity index (χ1n) is 10.8. The number of carbonyl (C=O) groups excluding carboxylic acids is 2. The van der Waals surface area contributed by atoms with Crippen molar-refractivity contribution in [3.05, 3.63) is 33.6 Å². The van der Waals surface area contributed by atoms with E-state index in [4.69, 9.17) is 9.47 Å². The summed E-state index contributed by atoms with van der Waals surface area (Å²) in [5.41, 5.74) is 1.93.